The van der Waals surface area contributed by atoms with Gasteiger partial charge in [0.2, 0.25) is 5.91 Å². The van der Waals surface area contributed by atoms with Crippen molar-refractivity contribution in [3.63, 3.8) is 0 Å². The molecule has 1 amide bonds. The van der Waals surface area contributed by atoms with Crippen LogP contribution in [0.15, 0.2) is 34.2 Å². The van der Waals surface area contributed by atoms with Gasteiger partial charge in [-0.3, -0.25) is 14.5 Å². The summed E-state index contributed by atoms with van der Waals surface area (Å²) < 4.78 is 26.2. The minimum Gasteiger partial charge on any atom is -0.359 e. The number of hydrogen-bond acceptors (Lipinski definition) is 4. The van der Waals surface area contributed by atoms with Crippen molar-refractivity contribution in [2.24, 2.45) is 10.4 Å². The monoisotopic (exact) mass is 295 g/mol. The largest absolute Gasteiger partial charge is 0.359 e. The molecule has 1 aromatic carbocycles. The number of carbonyl (C=O) groups excluding carboxylic acids is 1. The summed E-state index contributed by atoms with van der Waals surface area (Å²) in [6, 6.07) is 6.64. The predicted molar refractivity (Wildman–Crippen MR) is 76.0 cm³/mol. The number of fused-ring (bicyclic) bond motifs is 1. The van der Waals surface area contributed by atoms with Crippen molar-refractivity contribution in [1.82, 2.24) is 10.0 Å². The molecule has 0 aliphatic carbocycles. The van der Waals surface area contributed by atoms with Gasteiger partial charge < -0.3 is 5.32 Å². The zero-order chi connectivity index (χ0) is 15.0. The summed E-state index contributed by atoms with van der Waals surface area (Å²) in [4.78, 5) is 16.2. The van der Waals surface area contributed by atoms with E-state index in [1.54, 1.807) is 39.1 Å². The maximum atomic E-state index is 11.9. The smallest absolute Gasteiger partial charge is 0.263 e. The summed E-state index contributed by atoms with van der Waals surface area (Å²) in [6.07, 6.45) is 0. The highest BCUT2D eigenvalue weighted by atomic mass is 32.2. The molecule has 108 valence electrons. The second-order valence-corrected chi connectivity index (χ2v) is 6.88. The standard InChI is InChI=1S/C13H17N3O3S/c1-13(2,12(17)14-3)8-15-11-9-6-4-5-7-10(9)20(18,19)16-11/h4-7H,8H2,1-3H3,(H,14,17)(H,15,16). The highest BCUT2D eigenvalue weighted by Gasteiger charge is 2.32. The molecule has 7 heteroatoms. The average molecular weight is 295 g/mol. The van der Waals surface area contributed by atoms with Crippen molar-refractivity contribution in [3.8, 4) is 0 Å². The van der Waals surface area contributed by atoms with Crippen LogP contribution in [0, 0.1) is 5.41 Å². The first-order valence-electron chi connectivity index (χ1n) is 6.17. The minimum atomic E-state index is -3.53. The van der Waals surface area contributed by atoms with Crippen LogP contribution in [0.3, 0.4) is 0 Å². The number of amides is 1. The number of amidine groups is 1. The van der Waals surface area contributed by atoms with Crippen LogP contribution in [0.5, 0.6) is 0 Å². The molecule has 0 fully saturated rings. The molecule has 0 saturated carbocycles. The van der Waals surface area contributed by atoms with E-state index >= 15 is 0 Å². The topological polar surface area (TPSA) is 87.6 Å². The molecule has 0 saturated heterocycles. The highest BCUT2D eigenvalue weighted by molar-refractivity contribution is 7.90. The van der Waals surface area contributed by atoms with Crippen LogP contribution in [0.25, 0.3) is 0 Å². The highest BCUT2D eigenvalue weighted by Crippen LogP contribution is 2.23. The van der Waals surface area contributed by atoms with Gasteiger partial charge in [-0.1, -0.05) is 12.1 Å². The molecule has 0 radical (unpaired) electrons. The first kappa shape index (κ1) is 14.5. The molecule has 0 unspecified atom stereocenters. The molecule has 20 heavy (non-hydrogen) atoms. The number of benzene rings is 1. The Morgan fingerprint density at radius 3 is 2.65 bits per heavy atom. The molecule has 0 spiro atoms. The van der Waals surface area contributed by atoms with Gasteiger partial charge in [0.15, 0.2) is 0 Å². The van der Waals surface area contributed by atoms with Crippen molar-refractivity contribution in [3.05, 3.63) is 29.8 Å². The number of nitrogens with zero attached hydrogens (tertiary/aromatic N) is 1. The molecular weight excluding hydrogens is 278 g/mol. The molecule has 0 atom stereocenters. The summed E-state index contributed by atoms with van der Waals surface area (Å²) in [5.74, 6) is 0.147. The van der Waals surface area contributed by atoms with Crippen molar-refractivity contribution in [2.75, 3.05) is 13.6 Å². The number of hydrogen-bond donors (Lipinski definition) is 2. The molecule has 0 aromatic heterocycles. The van der Waals surface area contributed by atoms with Crippen LogP contribution < -0.4 is 10.0 Å². The van der Waals surface area contributed by atoms with Gasteiger partial charge in [0.1, 0.15) is 5.84 Å². The Kier molecular flexibility index (Phi) is 3.56. The molecule has 6 nitrogen and oxygen atoms in total. The van der Waals surface area contributed by atoms with Crippen molar-refractivity contribution < 1.29 is 13.2 Å². The maximum absolute atomic E-state index is 11.9. The Labute approximate surface area is 118 Å². The van der Waals surface area contributed by atoms with E-state index in [2.05, 4.69) is 15.0 Å². The normalized spacial score (nSPS) is 18.4. The maximum Gasteiger partial charge on any atom is 0.263 e. The second kappa shape index (κ2) is 4.90. The van der Waals surface area contributed by atoms with Gasteiger partial charge >= 0.3 is 0 Å². The lowest BCUT2D eigenvalue weighted by Gasteiger charge is -2.20. The zero-order valence-electron chi connectivity index (χ0n) is 11.6. The van der Waals surface area contributed by atoms with Crippen molar-refractivity contribution >= 4 is 21.8 Å². The molecule has 1 aromatic rings. The molecular formula is C13H17N3O3S. The van der Waals surface area contributed by atoms with Crippen LogP contribution >= 0.6 is 0 Å². The number of carbonyl (C=O) groups is 1. The van der Waals surface area contributed by atoms with Crippen LogP contribution in [-0.4, -0.2) is 33.8 Å². The Morgan fingerprint density at radius 1 is 1.35 bits per heavy atom. The fourth-order valence-electron chi connectivity index (χ4n) is 1.94. The van der Waals surface area contributed by atoms with E-state index in [0.29, 0.717) is 5.56 Å². The van der Waals surface area contributed by atoms with Crippen molar-refractivity contribution in [1.29, 1.82) is 0 Å². The Hall–Kier alpha value is -1.89. The molecule has 0 bridgehead atoms. The lowest BCUT2D eigenvalue weighted by Crippen LogP contribution is -2.37. The summed E-state index contributed by atoms with van der Waals surface area (Å²) in [6.45, 7) is 3.70. The Morgan fingerprint density at radius 2 is 2.00 bits per heavy atom. The molecule has 2 N–H and O–H groups in total. The lowest BCUT2D eigenvalue weighted by atomic mass is 9.92. The van der Waals surface area contributed by atoms with E-state index in [4.69, 9.17) is 0 Å². The fourth-order valence-corrected chi connectivity index (χ4v) is 3.19. The summed E-state index contributed by atoms with van der Waals surface area (Å²) in [5, 5.41) is 2.57. The van der Waals surface area contributed by atoms with Crippen LogP contribution in [0.4, 0.5) is 0 Å². The SMILES string of the molecule is CNC(=O)C(C)(C)CN=C1NS(=O)(=O)c2ccccc21. The summed E-state index contributed by atoms with van der Waals surface area (Å²) in [5.41, 5.74) is -0.162. The van der Waals surface area contributed by atoms with Crippen molar-refractivity contribution in [2.45, 2.75) is 18.7 Å². The van der Waals surface area contributed by atoms with Gasteiger partial charge in [-0.05, 0) is 26.0 Å². The van der Waals surface area contributed by atoms with Gasteiger partial charge in [0.05, 0.1) is 16.9 Å². The van der Waals surface area contributed by atoms with E-state index in [1.807, 2.05) is 0 Å². The number of nitrogens with one attached hydrogen (secondary N) is 2. The van der Waals surface area contributed by atoms with E-state index in [1.165, 1.54) is 6.07 Å². The van der Waals surface area contributed by atoms with Gasteiger partial charge in [-0.15, -0.1) is 0 Å². The van der Waals surface area contributed by atoms with E-state index in [0.717, 1.165) is 0 Å². The quantitative estimate of drug-likeness (QED) is 0.851. The zero-order valence-corrected chi connectivity index (χ0v) is 12.4. The van der Waals surface area contributed by atoms with Gasteiger partial charge in [0, 0.05) is 12.6 Å². The van der Waals surface area contributed by atoms with E-state index in [9.17, 15) is 13.2 Å². The summed E-state index contributed by atoms with van der Waals surface area (Å²) >= 11 is 0. The van der Waals surface area contributed by atoms with Crippen LogP contribution in [-0.2, 0) is 14.8 Å². The fraction of sp³-hybridized carbons (Fsp3) is 0.385. The number of sulfonamides is 1. The Bertz CT molecular complexity index is 678. The van der Waals surface area contributed by atoms with Crippen LogP contribution in [0.2, 0.25) is 0 Å². The first-order chi connectivity index (χ1) is 9.28. The Balaban J connectivity index is 2.33. The van der Waals surface area contributed by atoms with E-state index in [-0.39, 0.29) is 23.2 Å². The second-order valence-electron chi connectivity index (χ2n) is 5.23. The van der Waals surface area contributed by atoms with Gasteiger partial charge in [-0.2, -0.15) is 0 Å². The van der Waals surface area contributed by atoms with Gasteiger partial charge in [-0.25, -0.2) is 8.42 Å². The third-order valence-electron chi connectivity index (χ3n) is 3.14. The molecule has 2 rings (SSSR count). The molecule has 1 aliphatic heterocycles. The van der Waals surface area contributed by atoms with Gasteiger partial charge in [0.25, 0.3) is 10.0 Å². The summed E-state index contributed by atoms with van der Waals surface area (Å²) in [7, 11) is -1.97. The van der Waals surface area contributed by atoms with E-state index < -0.39 is 15.4 Å². The van der Waals surface area contributed by atoms with Crippen LogP contribution in [0.1, 0.15) is 19.4 Å². The molecule has 1 heterocycles. The number of aliphatic imine (C=N–C) groups is 1. The minimum absolute atomic E-state index is 0.143. The first-order valence-corrected chi connectivity index (χ1v) is 7.65. The molecule has 1 aliphatic rings. The predicted octanol–water partition coefficient (Wildman–Crippen LogP) is 0.497. The average Bonchev–Trinajstić information content (AvgIpc) is 2.68. The number of rotatable bonds is 3. The third kappa shape index (κ3) is 2.53. The lowest BCUT2D eigenvalue weighted by molar-refractivity contribution is -0.128. The third-order valence-corrected chi connectivity index (χ3v) is 4.53.